The average molecular weight is 603 g/mol. The molecular formula is C20H27Br3O6. The summed E-state index contributed by atoms with van der Waals surface area (Å²) in [5, 5.41) is 28.6. The lowest BCUT2D eigenvalue weighted by atomic mass is 10.3. The number of phenolic OH excluding ortho intramolecular Hbond substituents is 1. The van der Waals surface area contributed by atoms with Crippen molar-refractivity contribution in [2.24, 2.45) is 0 Å². The molecule has 0 saturated heterocycles. The Labute approximate surface area is 197 Å². The van der Waals surface area contributed by atoms with Gasteiger partial charge in [0.25, 0.3) is 0 Å². The maximum absolute atomic E-state index is 9.27. The van der Waals surface area contributed by atoms with Crippen molar-refractivity contribution in [1.82, 2.24) is 0 Å². The molecule has 0 aliphatic rings. The summed E-state index contributed by atoms with van der Waals surface area (Å²) in [4.78, 5) is 0. The van der Waals surface area contributed by atoms with Gasteiger partial charge in [-0.05, 0) is 24.3 Å². The smallest absolute Gasteiger partial charge is 0.161 e. The number of aliphatic hydroxyl groups is 2. The van der Waals surface area contributed by atoms with Gasteiger partial charge in [0.05, 0.1) is 26.4 Å². The number of para-hydroxylation sites is 4. The largest absolute Gasteiger partial charge is 0.504 e. The van der Waals surface area contributed by atoms with Crippen LogP contribution in [0.15, 0.2) is 48.5 Å². The van der Waals surface area contributed by atoms with E-state index in [0.29, 0.717) is 33.2 Å². The molecule has 0 aliphatic heterocycles. The Morgan fingerprint density at radius 1 is 0.724 bits per heavy atom. The van der Waals surface area contributed by atoms with E-state index in [4.69, 9.17) is 24.4 Å². The molecule has 9 heteroatoms. The molecule has 1 atom stereocenters. The second-order valence-electron chi connectivity index (χ2n) is 5.40. The first-order valence-corrected chi connectivity index (χ1v) is 11.9. The fourth-order valence-corrected chi connectivity index (χ4v) is 2.90. The van der Waals surface area contributed by atoms with Crippen LogP contribution in [0.25, 0.3) is 0 Å². The van der Waals surface area contributed by atoms with Crippen molar-refractivity contribution in [1.29, 1.82) is 0 Å². The summed E-state index contributed by atoms with van der Waals surface area (Å²) in [7, 11) is 3.11. The number of phenols is 1. The molecule has 0 bridgehead atoms. The second-order valence-corrected chi connectivity index (χ2v) is 7.35. The highest BCUT2D eigenvalue weighted by Crippen LogP contribution is 2.25. The number of methoxy groups -OCH3 is 2. The van der Waals surface area contributed by atoms with Crippen LogP contribution in [0.4, 0.5) is 0 Å². The molecule has 0 spiro atoms. The number of benzene rings is 2. The Hall–Kier alpha value is -1.00. The van der Waals surface area contributed by atoms with Crippen LogP contribution in [0.5, 0.6) is 23.0 Å². The minimum Gasteiger partial charge on any atom is -0.504 e. The van der Waals surface area contributed by atoms with Crippen LogP contribution >= 0.6 is 47.8 Å². The molecule has 0 aromatic heterocycles. The molecule has 0 radical (unpaired) electrons. The normalized spacial score (nSPS) is 10.8. The van der Waals surface area contributed by atoms with Crippen molar-refractivity contribution in [3.05, 3.63) is 48.5 Å². The van der Waals surface area contributed by atoms with Crippen molar-refractivity contribution in [2.75, 3.05) is 36.8 Å². The number of hydrogen-bond donors (Lipinski definition) is 3. The predicted molar refractivity (Wildman–Crippen MR) is 127 cm³/mol. The van der Waals surface area contributed by atoms with Crippen molar-refractivity contribution in [3.8, 4) is 23.0 Å². The number of aliphatic hydroxyl groups excluding tert-OH is 2. The fraction of sp³-hybridized carbons (Fsp3) is 0.400. The van der Waals surface area contributed by atoms with E-state index in [0.717, 1.165) is 0 Å². The van der Waals surface area contributed by atoms with E-state index in [1.54, 1.807) is 37.4 Å². The van der Waals surface area contributed by atoms with Gasteiger partial charge in [0, 0.05) is 16.0 Å². The SMILES string of the molecule is COc1ccccc1O.COc1ccccc1OCC(O)CBr.OC(CBr)CBr. The molecule has 2 aromatic carbocycles. The molecule has 6 nitrogen and oxygen atoms in total. The first-order chi connectivity index (χ1) is 13.9. The van der Waals surface area contributed by atoms with Crippen LogP contribution in [0.2, 0.25) is 0 Å². The van der Waals surface area contributed by atoms with Gasteiger partial charge < -0.3 is 29.5 Å². The zero-order valence-electron chi connectivity index (χ0n) is 16.3. The standard InChI is InChI=1S/C10H13BrO3.C7H8O2.C3H6Br2O/c1-13-9-4-2-3-5-10(9)14-7-8(12)6-11;1-9-7-5-3-2-4-6(7)8;4-1-3(6)2-5/h2-5,8,12H,6-7H2,1H3;2-5,8H,1H3;3,6H,1-2H2. The molecule has 0 saturated carbocycles. The number of alkyl halides is 3. The van der Waals surface area contributed by atoms with Crippen LogP contribution in [-0.2, 0) is 0 Å². The Kier molecular flexibility index (Phi) is 17.2. The summed E-state index contributed by atoms with van der Waals surface area (Å²) in [6, 6.07) is 14.2. The number of hydrogen-bond acceptors (Lipinski definition) is 6. The van der Waals surface area contributed by atoms with Gasteiger partial charge in [0.2, 0.25) is 0 Å². The fourth-order valence-electron chi connectivity index (χ4n) is 1.64. The molecule has 1 unspecified atom stereocenters. The molecule has 29 heavy (non-hydrogen) atoms. The van der Waals surface area contributed by atoms with Gasteiger partial charge in [0.15, 0.2) is 23.0 Å². The van der Waals surface area contributed by atoms with Crippen LogP contribution in [0, 0.1) is 0 Å². The molecule has 0 amide bonds. The highest BCUT2D eigenvalue weighted by atomic mass is 79.9. The quantitative estimate of drug-likeness (QED) is 0.389. The van der Waals surface area contributed by atoms with Crippen LogP contribution in [-0.4, -0.2) is 64.3 Å². The molecular weight excluding hydrogens is 576 g/mol. The highest BCUT2D eigenvalue weighted by molar-refractivity contribution is 9.10. The number of aromatic hydroxyl groups is 1. The Morgan fingerprint density at radius 2 is 1.17 bits per heavy atom. The van der Waals surface area contributed by atoms with Crippen LogP contribution in [0.1, 0.15) is 0 Å². The van der Waals surface area contributed by atoms with E-state index in [1.807, 2.05) is 18.2 Å². The first-order valence-electron chi connectivity index (χ1n) is 8.55. The van der Waals surface area contributed by atoms with E-state index in [1.165, 1.54) is 7.11 Å². The molecule has 0 heterocycles. The number of rotatable bonds is 8. The van der Waals surface area contributed by atoms with Gasteiger partial charge in [-0.3, -0.25) is 0 Å². The summed E-state index contributed by atoms with van der Waals surface area (Å²) >= 11 is 9.35. The summed E-state index contributed by atoms with van der Waals surface area (Å²) < 4.78 is 15.3. The third-order valence-corrected chi connectivity index (χ3v) is 5.36. The van der Waals surface area contributed by atoms with Crippen molar-refractivity contribution < 1.29 is 29.5 Å². The minimum absolute atomic E-state index is 0.181. The molecule has 0 aliphatic carbocycles. The molecule has 164 valence electrons. The molecule has 2 rings (SSSR count). The summed E-state index contributed by atoms with van der Waals surface area (Å²) in [6.45, 7) is 0.256. The van der Waals surface area contributed by atoms with E-state index < -0.39 is 6.10 Å². The zero-order valence-corrected chi connectivity index (χ0v) is 21.1. The lowest BCUT2D eigenvalue weighted by molar-refractivity contribution is 0.125. The molecule has 0 fully saturated rings. The highest BCUT2D eigenvalue weighted by Gasteiger charge is 2.06. The summed E-state index contributed by atoms with van der Waals surface area (Å²) in [6.07, 6.45) is -0.732. The topological polar surface area (TPSA) is 88.4 Å². The average Bonchev–Trinajstić information content (AvgIpc) is 2.78. The summed E-state index contributed by atoms with van der Waals surface area (Å²) in [5.41, 5.74) is 0. The Bertz CT molecular complexity index is 656. The first kappa shape index (κ1) is 28.0. The van der Waals surface area contributed by atoms with E-state index in [9.17, 15) is 5.11 Å². The molecule has 2 aromatic rings. The van der Waals surface area contributed by atoms with Crippen molar-refractivity contribution in [3.63, 3.8) is 0 Å². The lowest BCUT2D eigenvalue weighted by Gasteiger charge is -2.12. The van der Waals surface area contributed by atoms with Gasteiger partial charge in [0.1, 0.15) is 6.61 Å². The monoisotopic (exact) mass is 600 g/mol. The maximum Gasteiger partial charge on any atom is 0.161 e. The van der Waals surface area contributed by atoms with Gasteiger partial charge in [-0.15, -0.1) is 0 Å². The zero-order chi connectivity index (χ0) is 22.1. The van der Waals surface area contributed by atoms with Gasteiger partial charge in [-0.2, -0.15) is 0 Å². The van der Waals surface area contributed by atoms with Gasteiger partial charge >= 0.3 is 0 Å². The second kappa shape index (κ2) is 17.8. The third kappa shape index (κ3) is 13.0. The van der Waals surface area contributed by atoms with Crippen molar-refractivity contribution in [2.45, 2.75) is 12.2 Å². The van der Waals surface area contributed by atoms with Gasteiger partial charge in [-0.25, -0.2) is 0 Å². The van der Waals surface area contributed by atoms with Crippen molar-refractivity contribution >= 4 is 47.8 Å². The summed E-state index contributed by atoms with van der Waals surface area (Å²) in [5.74, 6) is 2.02. The van der Waals surface area contributed by atoms with Gasteiger partial charge in [-0.1, -0.05) is 72.1 Å². The Morgan fingerprint density at radius 3 is 1.55 bits per heavy atom. The number of halogens is 3. The Balaban J connectivity index is 0.000000448. The lowest BCUT2D eigenvalue weighted by Crippen LogP contribution is -2.18. The number of ether oxygens (including phenoxy) is 3. The van der Waals surface area contributed by atoms with Crippen LogP contribution in [0.3, 0.4) is 0 Å². The third-order valence-electron chi connectivity index (χ3n) is 3.12. The van der Waals surface area contributed by atoms with E-state index in [-0.39, 0.29) is 18.5 Å². The molecule has 3 N–H and O–H groups in total. The van der Waals surface area contributed by atoms with E-state index >= 15 is 0 Å². The minimum atomic E-state index is -0.500. The van der Waals surface area contributed by atoms with Crippen LogP contribution < -0.4 is 14.2 Å². The maximum atomic E-state index is 9.27. The van der Waals surface area contributed by atoms with E-state index in [2.05, 4.69) is 47.8 Å². The predicted octanol–water partition coefficient (Wildman–Crippen LogP) is 4.37.